The molecule has 11 heavy (non-hydrogen) atoms. The van der Waals surface area contributed by atoms with Crippen LogP contribution in [-0.4, -0.2) is 0 Å². The van der Waals surface area contributed by atoms with Crippen molar-refractivity contribution in [1.29, 1.82) is 0 Å². The fraction of sp³-hybridized carbons (Fsp3) is 0.636. The quantitative estimate of drug-likeness (QED) is 0.508. The van der Waals surface area contributed by atoms with E-state index in [0.29, 0.717) is 5.92 Å². The van der Waals surface area contributed by atoms with E-state index < -0.39 is 0 Å². The smallest absolute Gasteiger partial charge is 0.0208 e. The summed E-state index contributed by atoms with van der Waals surface area (Å²) < 4.78 is 0. The molecule has 0 bridgehead atoms. The van der Waals surface area contributed by atoms with Crippen LogP contribution in [0.5, 0.6) is 0 Å². The highest BCUT2D eigenvalue weighted by Gasteiger charge is 2.09. The van der Waals surface area contributed by atoms with E-state index in [1.165, 1.54) is 12.8 Å². The zero-order chi connectivity index (χ0) is 8.69. The van der Waals surface area contributed by atoms with E-state index in [4.69, 9.17) is 0 Å². The zero-order valence-corrected chi connectivity index (χ0v) is 7.84. The van der Waals surface area contributed by atoms with Gasteiger partial charge in [-0.25, -0.2) is 0 Å². The van der Waals surface area contributed by atoms with Crippen molar-refractivity contribution in [1.82, 2.24) is 0 Å². The first-order chi connectivity index (χ1) is 5.26. The minimum atomic E-state index is 0.679. The first kappa shape index (κ1) is 10.5. The standard InChI is InChI=1S/C11H20/c1-5-8-9-11(7-3)10(4)6-2/h5,7,10-11H,1,3,6,8-9H2,2,4H3. The van der Waals surface area contributed by atoms with Crippen molar-refractivity contribution in [3.05, 3.63) is 25.3 Å². The fourth-order valence-corrected chi connectivity index (χ4v) is 1.25. The topological polar surface area (TPSA) is 0 Å². The van der Waals surface area contributed by atoms with Gasteiger partial charge in [0.2, 0.25) is 0 Å². The molecule has 2 unspecified atom stereocenters. The minimum Gasteiger partial charge on any atom is -0.103 e. The van der Waals surface area contributed by atoms with Gasteiger partial charge in [-0.2, -0.15) is 0 Å². The summed E-state index contributed by atoms with van der Waals surface area (Å²) >= 11 is 0. The van der Waals surface area contributed by atoms with Gasteiger partial charge in [0.25, 0.3) is 0 Å². The summed E-state index contributed by atoms with van der Waals surface area (Å²) in [7, 11) is 0. The molecule has 2 atom stereocenters. The van der Waals surface area contributed by atoms with Crippen LogP contribution in [0.4, 0.5) is 0 Å². The molecule has 0 spiro atoms. The van der Waals surface area contributed by atoms with Crippen LogP contribution in [0.15, 0.2) is 25.3 Å². The van der Waals surface area contributed by atoms with Crippen LogP contribution in [0.1, 0.15) is 33.1 Å². The lowest BCUT2D eigenvalue weighted by Gasteiger charge is -2.17. The molecule has 0 aliphatic carbocycles. The Hall–Kier alpha value is -0.520. The second-order valence-electron chi connectivity index (χ2n) is 3.15. The molecule has 0 heteroatoms. The van der Waals surface area contributed by atoms with E-state index in [0.717, 1.165) is 12.3 Å². The summed E-state index contributed by atoms with van der Waals surface area (Å²) in [4.78, 5) is 0. The molecule has 0 aliphatic rings. The third kappa shape index (κ3) is 4.02. The van der Waals surface area contributed by atoms with E-state index in [1.54, 1.807) is 0 Å². The van der Waals surface area contributed by atoms with Crippen molar-refractivity contribution in [3.8, 4) is 0 Å². The normalized spacial score (nSPS) is 15.5. The Bertz CT molecular complexity index is 113. The predicted octanol–water partition coefficient (Wildman–Crippen LogP) is 3.80. The van der Waals surface area contributed by atoms with Gasteiger partial charge in [-0.05, 0) is 24.7 Å². The second kappa shape index (κ2) is 6.21. The second-order valence-corrected chi connectivity index (χ2v) is 3.15. The highest BCUT2D eigenvalue weighted by atomic mass is 14.1. The summed E-state index contributed by atoms with van der Waals surface area (Å²) in [6.07, 6.45) is 7.63. The molecule has 0 aromatic rings. The van der Waals surface area contributed by atoms with Crippen LogP contribution in [-0.2, 0) is 0 Å². The Labute approximate surface area is 71.0 Å². The third-order valence-electron chi connectivity index (χ3n) is 2.38. The molecule has 64 valence electrons. The Kier molecular flexibility index (Phi) is 5.91. The molecule has 0 radical (unpaired) electrons. The molecule has 0 saturated heterocycles. The zero-order valence-electron chi connectivity index (χ0n) is 7.84. The van der Waals surface area contributed by atoms with Crippen molar-refractivity contribution in [3.63, 3.8) is 0 Å². The molecule has 0 nitrogen and oxygen atoms in total. The van der Waals surface area contributed by atoms with Crippen LogP contribution in [0, 0.1) is 11.8 Å². The van der Waals surface area contributed by atoms with Crippen LogP contribution in [0.2, 0.25) is 0 Å². The largest absolute Gasteiger partial charge is 0.103 e. The van der Waals surface area contributed by atoms with Crippen LogP contribution < -0.4 is 0 Å². The van der Waals surface area contributed by atoms with E-state index in [1.807, 2.05) is 6.08 Å². The average Bonchev–Trinajstić information content (AvgIpc) is 2.05. The van der Waals surface area contributed by atoms with Crippen molar-refractivity contribution >= 4 is 0 Å². The maximum absolute atomic E-state index is 3.85. The molecule has 0 fully saturated rings. The molecular formula is C11H20. The van der Waals surface area contributed by atoms with Crippen LogP contribution >= 0.6 is 0 Å². The SMILES string of the molecule is C=CCCC(C=C)C(C)CC. The molecule has 0 N–H and O–H groups in total. The molecule has 0 aromatic heterocycles. The lowest BCUT2D eigenvalue weighted by molar-refractivity contribution is 0.396. The van der Waals surface area contributed by atoms with E-state index in [-0.39, 0.29) is 0 Å². The summed E-state index contributed by atoms with van der Waals surface area (Å²) in [5.74, 6) is 1.45. The van der Waals surface area contributed by atoms with Gasteiger partial charge in [0, 0.05) is 0 Å². The average molecular weight is 152 g/mol. The van der Waals surface area contributed by atoms with E-state index in [2.05, 4.69) is 33.1 Å². The van der Waals surface area contributed by atoms with E-state index in [9.17, 15) is 0 Å². The van der Waals surface area contributed by atoms with Gasteiger partial charge in [-0.3, -0.25) is 0 Å². The Morgan fingerprint density at radius 2 is 2.00 bits per heavy atom. The van der Waals surface area contributed by atoms with Gasteiger partial charge in [-0.1, -0.05) is 32.4 Å². The monoisotopic (exact) mass is 152 g/mol. The maximum atomic E-state index is 3.85. The Morgan fingerprint density at radius 3 is 2.36 bits per heavy atom. The highest BCUT2D eigenvalue weighted by Crippen LogP contribution is 2.21. The maximum Gasteiger partial charge on any atom is -0.0208 e. The van der Waals surface area contributed by atoms with Gasteiger partial charge in [0.05, 0.1) is 0 Å². The van der Waals surface area contributed by atoms with Crippen molar-refractivity contribution in [2.75, 3.05) is 0 Å². The van der Waals surface area contributed by atoms with Gasteiger partial charge in [0.15, 0.2) is 0 Å². The first-order valence-electron chi connectivity index (χ1n) is 4.49. The van der Waals surface area contributed by atoms with Gasteiger partial charge >= 0.3 is 0 Å². The van der Waals surface area contributed by atoms with Crippen molar-refractivity contribution in [2.24, 2.45) is 11.8 Å². The summed E-state index contributed by atoms with van der Waals surface area (Å²) in [6.45, 7) is 12.1. The van der Waals surface area contributed by atoms with Crippen molar-refractivity contribution < 1.29 is 0 Å². The van der Waals surface area contributed by atoms with Gasteiger partial charge < -0.3 is 0 Å². The lowest BCUT2D eigenvalue weighted by atomic mass is 9.88. The lowest BCUT2D eigenvalue weighted by Crippen LogP contribution is -2.07. The number of hydrogen-bond donors (Lipinski definition) is 0. The van der Waals surface area contributed by atoms with E-state index >= 15 is 0 Å². The summed E-state index contributed by atoms with van der Waals surface area (Å²) in [6, 6.07) is 0. The summed E-state index contributed by atoms with van der Waals surface area (Å²) in [5.41, 5.74) is 0. The van der Waals surface area contributed by atoms with Gasteiger partial charge in [-0.15, -0.1) is 13.2 Å². The minimum absolute atomic E-state index is 0.679. The third-order valence-corrected chi connectivity index (χ3v) is 2.38. The molecule has 0 aromatic carbocycles. The molecule has 0 amide bonds. The predicted molar refractivity (Wildman–Crippen MR) is 52.6 cm³/mol. The van der Waals surface area contributed by atoms with Crippen LogP contribution in [0.3, 0.4) is 0 Å². The van der Waals surface area contributed by atoms with Crippen molar-refractivity contribution in [2.45, 2.75) is 33.1 Å². The number of hydrogen-bond acceptors (Lipinski definition) is 0. The number of allylic oxidation sites excluding steroid dienone is 2. The molecular weight excluding hydrogens is 132 g/mol. The Morgan fingerprint density at radius 1 is 1.36 bits per heavy atom. The molecule has 0 saturated carbocycles. The highest BCUT2D eigenvalue weighted by molar-refractivity contribution is 4.84. The number of rotatable bonds is 6. The molecule has 0 heterocycles. The van der Waals surface area contributed by atoms with Gasteiger partial charge in [0.1, 0.15) is 0 Å². The van der Waals surface area contributed by atoms with Crippen LogP contribution in [0.25, 0.3) is 0 Å². The molecule has 0 aliphatic heterocycles. The molecule has 0 rings (SSSR count). The Balaban J connectivity index is 3.73. The summed E-state index contributed by atoms with van der Waals surface area (Å²) in [5, 5.41) is 0. The first-order valence-corrected chi connectivity index (χ1v) is 4.49. The fourth-order valence-electron chi connectivity index (χ4n) is 1.25.